The van der Waals surface area contributed by atoms with Crippen LogP contribution in [0.5, 0.6) is 5.88 Å². The average Bonchev–Trinajstić information content (AvgIpc) is 2.75. The number of hydrogen-bond donors (Lipinski definition) is 1. The number of aromatic nitrogens is 1. The summed E-state index contributed by atoms with van der Waals surface area (Å²) in [5.74, 6) is 0.676. The van der Waals surface area contributed by atoms with E-state index in [1.807, 2.05) is 0 Å². The summed E-state index contributed by atoms with van der Waals surface area (Å²) in [6, 6.07) is 2.12. The molecule has 114 valence electrons. The quantitative estimate of drug-likeness (QED) is 0.683. The molecule has 1 saturated carbocycles. The maximum absolute atomic E-state index is 6.22. The first-order valence-corrected chi connectivity index (χ1v) is 8.64. The maximum atomic E-state index is 6.22. The first kappa shape index (κ1) is 14.8. The van der Waals surface area contributed by atoms with E-state index in [1.165, 1.54) is 49.8 Å². The number of nitrogens with two attached hydrogens (primary N) is 1. The van der Waals surface area contributed by atoms with Crippen molar-refractivity contribution >= 4 is 17.2 Å². The van der Waals surface area contributed by atoms with Gasteiger partial charge < -0.3 is 10.5 Å². The Balaban J connectivity index is 1.86. The molecule has 0 radical (unpaired) electrons. The molecule has 1 aromatic heterocycles. The fourth-order valence-corrected chi connectivity index (χ4v) is 3.54. The van der Waals surface area contributed by atoms with Gasteiger partial charge in [-0.3, -0.25) is 0 Å². The van der Waals surface area contributed by atoms with Gasteiger partial charge in [-0.25, -0.2) is 4.98 Å². The number of ether oxygens (including phenoxy) is 1. The van der Waals surface area contributed by atoms with Crippen molar-refractivity contribution in [2.24, 2.45) is 5.73 Å². The first-order valence-electron chi connectivity index (χ1n) is 8.23. The van der Waals surface area contributed by atoms with Gasteiger partial charge in [-0.2, -0.15) is 0 Å². The van der Waals surface area contributed by atoms with Crippen LogP contribution in [0.15, 0.2) is 6.07 Å². The molecule has 21 heavy (non-hydrogen) atoms. The van der Waals surface area contributed by atoms with E-state index in [2.05, 4.69) is 6.07 Å². The van der Waals surface area contributed by atoms with Crippen LogP contribution in [-0.4, -0.2) is 16.1 Å². The standard InChI is InChI=1S/C17H24N2OS/c18-16(21)14-11-12-7-5-6-10-15(12)19-17(14)20-13-8-3-1-2-4-9-13/h11,13H,1-10H2,(H2,18,21). The molecule has 0 aromatic carbocycles. The molecule has 3 nitrogen and oxygen atoms in total. The van der Waals surface area contributed by atoms with E-state index in [-0.39, 0.29) is 6.10 Å². The molecule has 2 aliphatic carbocycles. The topological polar surface area (TPSA) is 48.1 Å². The van der Waals surface area contributed by atoms with E-state index in [0.29, 0.717) is 10.9 Å². The molecule has 0 spiro atoms. The van der Waals surface area contributed by atoms with Crippen molar-refractivity contribution < 1.29 is 4.74 Å². The fraction of sp³-hybridized carbons (Fsp3) is 0.647. The number of nitrogens with zero attached hydrogens (tertiary/aromatic N) is 1. The Hall–Kier alpha value is -1.16. The summed E-state index contributed by atoms with van der Waals surface area (Å²) in [5, 5.41) is 0. The Labute approximate surface area is 132 Å². The summed E-state index contributed by atoms with van der Waals surface area (Å²) in [6.45, 7) is 0. The molecule has 2 N–H and O–H groups in total. The van der Waals surface area contributed by atoms with Gasteiger partial charge >= 0.3 is 0 Å². The van der Waals surface area contributed by atoms with E-state index in [4.69, 9.17) is 27.7 Å². The summed E-state index contributed by atoms with van der Waals surface area (Å²) in [5.41, 5.74) is 9.21. The summed E-state index contributed by atoms with van der Waals surface area (Å²) in [7, 11) is 0. The number of rotatable bonds is 3. The van der Waals surface area contributed by atoms with Crippen LogP contribution in [0.3, 0.4) is 0 Å². The minimum Gasteiger partial charge on any atom is -0.474 e. The largest absolute Gasteiger partial charge is 0.474 e. The summed E-state index contributed by atoms with van der Waals surface area (Å²) < 4.78 is 6.22. The molecule has 1 aromatic rings. The third kappa shape index (κ3) is 3.54. The molecule has 0 unspecified atom stereocenters. The average molecular weight is 304 g/mol. The second kappa shape index (κ2) is 6.73. The highest BCUT2D eigenvalue weighted by Gasteiger charge is 2.21. The monoisotopic (exact) mass is 304 g/mol. The Kier molecular flexibility index (Phi) is 4.73. The molecule has 3 rings (SSSR count). The second-order valence-corrected chi connectivity index (χ2v) is 6.69. The minimum absolute atomic E-state index is 0.273. The highest BCUT2D eigenvalue weighted by atomic mass is 32.1. The SMILES string of the molecule is NC(=S)c1cc2c(nc1OC1CCCCCC1)CCCC2. The lowest BCUT2D eigenvalue weighted by molar-refractivity contribution is 0.175. The molecule has 4 heteroatoms. The second-order valence-electron chi connectivity index (χ2n) is 6.25. The third-order valence-corrected chi connectivity index (χ3v) is 4.83. The number of aryl methyl sites for hydroxylation is 2. The van der Waals surface area contributed by atoms with Crippen LogP contribution >= 0.6 is 12.2 Å². The lowest BCUT2D eigenvalue weighted by atomic mass is 9.95. The van der Waals surface area contributed by atoms with E-state index in [0.717, 1.165) is 31.2 Å². The van der Waals surface area contributed by atoms with Crippen LogP contribution in [0.1, 0.15) is 68.2 Å². The predicted molar refractivity (Wildman–Crippen MR) is 88.9 cm³/mol. The summed E-state index contributed by atoms with van der Waals surface area (Å²) >= 11 is 5.21. The molecule has 0 amide bonds. The van der Waals surface area contributed by atoms with Crippen molar-refractivity contribution in [3.8, 4) is 5.88 Å². The van der Waals surface area contributed by atoms with Crippen molar-refractivity contribution in [3.63, 3.8) is 0 Å². The number of thiocarbonyl (C=S) groups is 1. The highest BCUT2D eigenvalue weighted by molar-refractivity contribution is 7.80. The molecule has 2 aliphatic rings. The molecule has 0 aliphatic heterocycles. The number of fused-ring (bicyclic) bond motifs is 1. The molecule has 0 atom stereocenters. The normalized spacial score (nSPS) is 19.6. The lowest BCUT2D eigenvalue weighted by Crippen LogP contribution is -2.21. The van der Waals surface area contributed by atoms with E-state index >= 15 is 0 Å². The smallest absolute Gasteiger partial charge is 0.224 e. The van der Waals surface area contributed by atoms with E-state index in [1.54, 1.807) is 0 Å². The Morgan fingerprint density at radius 2 is 1.81 bits per heavy atom. The van der Waals surface area contributed by atoms with Crippen LogP contribution in [0.25, 0.3) is 0 Å². The molecule has 1 fully saturated rings. The van der Waals surface area contributed by atoms with Crippen molar-refractivity contribution in [2.75, 3.05) is 0 Å². The zero-order chi connectivity index (χ0) is 14.7. The van der Waals surface area contributed by atoms with Crippen molar-refractivity contribution in [1.82, 2.24) is 4.98 Å². The Morgan fingerprint density at radius 1 is 1.10 bits per heavy atom. The van der Waals surface area contributed by atoms with E-state index in [9.17, 15) is 0 Å². The van der Waals surface area contributed by atoms with Crippen LogP contribution in [0, 0.1) is 0 Å². The molecular weight excluding hydrogens is 280 g/mol. The first-order chi connectivity index (χ1) is 10.2. The highest BCUT2D eigenvalue weighted by Crippen LogP contribution is 2.29. The molecular formula is C17H24N2OS. The molecule has 0 bridgehead atoms. The zero-order valence-corrected chi connectivity index (χ0v) is 13.4. The van der Waals surface area contributed by atoms with Crippen molar-refractivity contribution in [3.05, 3.63) is 22.9 Å². The molecule has 0 saturated heterocycles. The van der Waals surface area contributed by atoms with Crippen LogP contribution in [-0.2, 0) is 12.8 Å². The predicted octanol–water partition coefficient (Wildman–Crippen LogP) is 3.70. The van der Waals surface area contributed by atoms with Gasteiger partial charge in [0.2, 0.25) is 5.88 Å². The van der Waals surface area contributed by atoms with Gasteiger partial charge in [0.05, 0.1) is 5.56 Å². The van der Waals surface area contributed by atoms with Gasteiger partial charge in [-0.1, -0.05) is 25.1 Å². The van der Waals surface area contributed by atoms with Crippen LogP contribution < -0.4 is 10.5 Å². The third-order valence-electron chi connectivity index (χ3n) is 4.61. The van der Waals surface area contributed by atoms with Gasteiger partial charge in [0.15, 0.2) is 0 Å². The zero-order valence-electron chi connectivity index (χ0n) is 12.6. The number of hydrogen-bond acceptors (Lipinski definition) is 3. The van der Waals surface area contributed by atoms with Gasteiger partial charge in [0.1, 0.15) is 11.1 Å². The Bertz CT molecular complexity index is 522. The van der Waals surface area contributed by atoms with E-state index < -0.39 is 0 Å². The lowest BCUT2D eigenvalue weighted by Gasteiger charge is -2.22. The van der Waals surface area contributed by atoms with Gasteiger partial charge in [0, 0.05) is 5.69 Å². The van der Waals surface area contributed by atoms with Crippen LogP contribution in [0.4, 0.5) is 0 Å². The Morgan fingerprint density at radius 3 is 2.52 bits per heavy atom. The van der Waals surface area contributed by atoms with Crippen molar-refractivity contribution in [1.29, 1.82) is 0 Å². The molecule has 1 heterocycles. The summed E-state index contributed by atoms with van der Waals surface area (Å²) in [4.78, 5) is 5.17. The van der Waals surface area contributed by atoms with Gasteiger partial charge in [0.25, 0.3) is 0 Å². The fourth-order valence-electron chi connectivity index (χ4n) is 3.40. The van der Waals surface area contributed by atoms with Crippen LogP contribution in [0.2, 0.25) is 0 Å². The maximum Gasteiger partial charge on any atom is 0.224 e. The van der Waals surface area contributed by atoms with Gasteiger partial charge in [-0.05, 0) is 63.0 Å². The summed E-state index contributed by atoms with van der Waals surface area (Å²) in [6.07, 6.45) is 12.2. The van der Waals surface area contributed by atoms with Crippen molar-refractivity contribution in [2.45, 2.75) is 70.3 Å². The number of pyridine rings is 1. The van der Waals surface area contributed by atoms with Gasteiger partial charge in [-0.15, -0.1) is 0 Å². The minimum atomic E-state index is 0.273.